The van der Waals surface area contributed by atoms with E-state index < -0.39 is 0 Å². The first-order valence-electron chi connectivity index (χ1n) is 12.7. The van der Waals surface area contributed by atoms with Gasteiger partial charge in [0.1, 0.15) is 0 Å². The van der Waals surface area contributed by atoms with Crippen molar-refractivity contribution >= 4 is 10.8 Å². The molecule has 3 heteroatoms. The summed E-state index contributed by atoms with van der Waals surface area (Å²) >= 11 is 0. The summed E-state index contributed by atoms with van der Waals surface area (Å²) in [6.07, 6.45) is 3.73. The summed E-state index contributed by atoms with van der Waals surface area (Å²) in [5.41, 5.74) is 4.69. The number of hydrogen-bond donors (Lipinski definition) is 1. The molecule has 0 saturated heterocycles. The molecular formula is C33H34N2O. The predicted molar refractivity (Wildman–Crippen MR) is 148 cm³/mol. The van der Waals surface area contributed by atoms with Gasteiger partial charge in [-0.25, -0.2) is 4.98 Å². The summed E-state index contributed by atoms with van der Waals surface area (Å²) in [5.74, 6) is 0.198. The second-order valence-corrected chi connectivity index (χ2v) is 10.2. The van der Waals surface area contributed by atoms with E-state index in [2.05, 4.69) is 128 Å². The topological polar surface area (TPSA) is 37.9 Å². The van der Waals surface area contributed by atoms with Crippen LogP contribution in [0.5, 0.6) is 0 Å². The standard InChI is InChI=1S/C33H34N2O/c1-24(36-22-25-12-6-4-7-13-25)31(28-19-18-26-14-10-11-15-27(26)20-28)32(30-21-34-23-35-30)33(2,3)29-16-8-5-9-17-29/h4-21,23-24,31-32H,22H2,1-3H3,(H,34,35). The van der Waals surface area contributed by atoms with Gasteiger partial charge in [-0.3, -0.25) is 0 Å². The zero-order valence-electron chi connectivity index (χ0n) is 21.3. The van der Waals surface area contributed by atoms with Crippen LogP contribution in [0.4, 0.5) is 0 Å². The quantitative estimate of drug-likeness (QED) is 0.235. The first-order chi connectivity index (χ1) is 17.5. The molecule has 0 spiro atoms. The third-order valence-electron chi connectivity index (χ3n) is 7.53. The fraction of sp³-hybridized carbons (Fsp3) is 0.242. The molecule has 182 valence electrons. The predicted octanol–water partition coefficient (Wildman–Crippen LogP) is 8.01. The minimum atomic E-state index is -0.186. The van der Waals surface area contributed by atoms with Crippen LogP contribution in [0.15, 0.2) is 116 Å². The molecule has 3 nitrogen and oxygen atoms in total. The number of benzene rings is 4. The van der Waals surface area contributed by atoms with E-state index in [1.165, 1.54) is 27.5 Å². The summed E-state index contributed by atoms with van der Waals surface area (Å²) in [5, 5.41) is 2.49. The van der Waals surface area contributed by atoms with Gasteiger partial charge in [0.2, 0.25) is 0 Å². The fourth-order valence-electron chi connectivity index (χ4n) is 5.57. The molecule has 0 radical (unpaired) electrons. The second kappa shape index (κ2) is 10.5. The van der Waals surface area contributed by atoms with E-state index in [0.717, 1.165) is 5.69 Å². The average molecular weight is 475 g/mol. The maximum Gasteiger partial charge on any atom is 0.0921 e. The van der Waals surface area contributed by atoms with Crippen molar-refractivity contribution < 1.29 is 4.74 Å². The average Bonchev–Trinajstić information content (AvgIpc) is 3.45. The molecule has 0 fully saturated rings. The Balaban J connectivity index is 1.62. The lowest BCUT2D eigenvalue weighted by atomic mass is 9.63. The number of aromatic nitrogens is 2. The molecule has 0 aliphatic heterocycles. The van der Waals surface area contributed by atoms with Gasteiger partial charge in [-0.2, -0.15) is 0 Å². The summed E-state index contributed by atoms with van der Waals surface area (Å²) in [7, 11) is 0. The fourth-order valence-corrected chi connectivity index (χ4v) is 5.57. The highest BCUT2D eigenvalue weighted by atomic mass is 16.5. The molecule has 0 bridgehead atoms. The summed E-state index contributed by atoms with van der Waals surface area (Å²) in [4.78, 5) is 7.90. The van der Waals surface area contributed by atoms with Gasteiger partial charge < -0.3 is 9.72 Å². The molecule has 0 aliphatic carbocycles. The largest absolute Gasteiger partial charge is 0.373 e. The van der Waals surface area contributed by atoms with Gasteiger partial charge in [0.25, 0.3) is 0 Å². The molecule has 4 aromatic carbocycles. The maximum atomic E-state index is 6.63. The van der Waals surface area contributed by atoms with Crippen LogP contribution in [0.1, 0.15) is 55.0 Å². The molecule has 0 amide bonds. The second-order valence-electron chi connectivity index (χ2n) is 10.2. The van der Waals surface area contributed by atoms with E-state index in [9.17, 15) is 0 Å². The van der Waals surface area contributed by atoms with Crippen molar-refractivity contribution in [2.45, 2.75) is 50.7 Å². The zero-order valence-corrected chi connectivity index (χ0v) is 21.3. The third kappa shape index (κ3) is 4.98. The lowest BCUT2D eigenvalue weighted by molar-refractivity contribution is 0.0213. The van der Waals surface area contributed by atoms with Crippen molar-refractivity contribution in [1.29, 1.82) is 0 Å². The molecule has 1 heterocycles. The Morgan fingerprint density at radius 2 is 1.47 bits per heavy atom. The number of H-pyrrole nitrogens is 1. The SMILES string of the molecule is CC(OCc1ccccc1)C(c1ccc2ccccc2c1)C(c1cnc[nH]1)C(C)(C)c1ccccc1. The van der Waals surface area contributed by atoms with E-state index in [-0.39, 0.29) is 23.4 Å². The van der Waals surface area contributed by atoms with Crippen molar-refractivity contribution in [3.05, 3.63) is 138 Å². The van der Waals surface area contributed by atoms with Crippen molar-refractivity contribution in [3.8, 4) is 0 Å². The van der Waals surface area contributed by atoms with E-state index >= 15 is 0 Å². The minimum absolute atomic E-state index is 0.0392. The number of nitrogens with one attached hydrogen (secondary N) is 1. The molecule has 5 aromatic rings. The number of nitrogens with zero attached hydrogens (tertiary/aromatic N) is 1. The van der Waals surface area contributed by atoms with E-state index in [4.69, 9.17) is 4.74 Å². The van der Waals surface area contributed by atoms with Crippen LogP contribution >= 0.6 is 0 Å². The third-order valence-corrected chi connectivity index (χ3v) is 7.53. The Morgan fingerprint density at radius 3 is 2.17 bits per heavy atom. The van der Waals surface area contributed by atoms with E-state index in [0.29, 0.717) is 6.61 Å². The number of fused-ring (bicyclic) bond motifs is 1. The Bertz CT molecular complexity index is 1380. The van der Waals surface area contributed by atoms with E-state index in [1.54, 1.807) is 6.33 Å². The van der Waals surface area contributed by atoms with Crippen LogP contribution < -0.4 is 0 Å². The van der Waals surface area contributed by atoms with Crippen molar-refractivity contribution in [2.75, 3.05) is 0 Å². The smallest absolute Gasteiger partial charge is 0.0921 e. The number of rotatable bonds is 9. The molecule has 3 unspecified atom stereocenters. The first-order valence-corrected chi connectivity index (χ1v) is 12.7. The molecule has 36 heavy (non-hydrogen) atoms. The molecule has 1 N–H and O–H groups in total. The minimum Gasteiger partial charge on any atom is -0.373 e. The van der Waals surface area contributed by atoms with E-state index in [1.807, 2.05) is 12.3 Å². The van der Waals surface area contributed by atoms with Crippen molar-refractivity contribution in [2.24, 2.45) is 0 Å². The van der Waals surface area contributed by atoms with Crippen LogP contribution in [-0.4, -0.2) is 16.1 Å². The Morgan fingerprint density at radius 1 is 0.806 bits per heavy atom. The Hall–Kier alpha value is -3.69. The zero-order chi connectivity index (χ0) is 25.0. The van der Waals surface area contributed by atoms with Crippen LogP contribution in [0.3, 0.4) is 0 Å². The van der Waals surface area contributed by atoms with Crippen LogP contribution in [0, 0.1) is 0 Å². The first kappa shape index (κ1) is 24.0. The Kier molecular flexibility index (Phi) is 7.02. The van der Waals surface area contributed by atoms with Gasteiger partial charge >= 0.3 is 0 Å². The maximum absolute atomic E-state index is 6.63. The lowest BCUT2D eigenvalue weighted by Crippen LogP contribution is -2.37. The number of aromatic amines is 1. The van der Waals surface area contributed by atoms with Gasteiger partial charge in [-0.05, 0) is 39.8 Å². The van der Waals surface area contributed by atoms with Crippen LogP contribution in [-0.2, 0) is 16.8 Å². The normalized spacial score (nSPS) is 14.4. The van der Waals surface area contributed by atoms with Crippen LogP contribution in [0.25, 0.3) is 10.8 Å². The molecular weight excluding hydrogens is 440 g/mol. The number of hydrogen-bond acceptors (Lipinski definition) is 2. The molecule has 0 saturated carbocycles. The summed E-state index contributed by atoms with van der Waals surface area (Å²) < 4.78 is 6.63. The highest BCUT2D eigenvalue weighted by Crippen LogP contribution is 2.49. The molecule has 3 atom stereocenters. The number of ether oxygens (including phenoxy) is 1. The van der Waals surface area contributed by atoms with Gasteiger partial charge in [-0.15, -0.1) is 0 Å². The monoisotopic (exact) mass is 474 g/mol. The Labute approximate surface area is 214 Å². The highest BCUT2D eigenvalue weighted by Gasteiger charge is 2.42. The van der Waals surface area contributed by atoms with Gasteiger partial charge in [0.15, 0.2) is 0 Å². The molecule has 5 rings (SSSR count). The summed E-state index contributed by atoms with van der Waals surface area (Å²) in [6.45, 7) is 7.47. The molecule has 0 aliphatic rings. The van der Waals surface area contributed by atoms with Gasteiger partial charge in [-0.1, -0.05) is 117 Å². The van der Waals surface area contributed by atoms with Crippen LogP contribution in [0.2, 0.25) is 0 Å². The van der Waals surface area contributed by atoms with Gasteiger partial charge in [0.05, 0.1) is 19.0 Å². The highest BCUT2D eigenvalue weighted by molar-refractivity contribution is 5.83. The molecule has 1 aromatic heterocycles. The lowest BCUT2D eigenvalue weighted by Gasteiger charge is -2.42. The number of imidazole rings is 1. The van der Waals surface area contributed by atoms with Crippen molar-refractivity contribution in [3.63, 3.8) is 0 Å². The summed E-state index contributed by atoms with van der Waals surface area (Å²) in [6, 6.07) is 36.6. The van der Waals surface area contributed by atoms with Crippen molar-refractivity contribution in [1.82, 2.24) is 9.97 Å². The van der Waals surface area contributed by atoms with Gasteiger partial charge in [0, 0.05) is 23.7 Å².